The van der Waals surface area contributed by atoms with E-state index >= 15 is 0 Å². The Kier molecular flexibility index (Phi) is 7.02. The van der Waals surface area contributed by atoms with Gasteiger partial charge in [-0.25, -0.2) is 9.69 Å². The molecule has 0 aliphatic carbocycles. The molecule has 0 N–H and O–H groups in total. The number of amides is 1. The van der Waals surface area contributed by atoms with E-state index in [0.29, 0.717) is 6.61 Å². The van der Waals surface area contributed by atoms with Crippen molar-refractivity contribution in [1.29, 1.82) is 0 Å². The van der Waals surface area contributed by atoms with Gasteiger partial charge in [0, 0.05) is 0 Å². The average molecular weight is 341 g/mol. The monoisotopic (exact) mass is 341 g/mol. The third kappa shape index (κ3) is 4.83. The molecule has 25 heavy (non-hydrogen) atoms. The number of hydrogen-bond donors (Lipinski definition) is 0. The lowest BCUT2D eigenvalue weighted by Crippen LogP contribution is -2.50. The fourth-order valence-electron chi connectivity index (χ4n) is 3.05. The predicted molar refractivity (Wildman–Crippen MR) is 103 cm³/mol. The highest BCUT2D eigenvalue weighted by molar-refractivity contribution is 5.95. The number of carbonyl (C=O) groups excluding carboxylic acids is 1. The number of benzene rings is 2. The molecule has 0 bridgehead atoms. The van der Waals surface area contributed by atoms with Crippen LogP contribution in [0.15, 0.2) is 60.7 Å². The van der Waals surface area contributed by atoms with Crippen LogP contribution in [-0.4, -0.2) is 43.4 Å². The van der Waals surface area contributed by atoms with Crippen LogP contribution in [0.25, 0.3) is 0 Å². The molecule has 2 rings (SSSR count). The van der Waals surface area contributed by atoms with Gasteiger partial charge in [-0.15, -0.1) is 0 Å². The molecule has 4 heteroatoms. The van der Waals surface area contributed by atoms with E-state index in [0.717, 1.165) is 42.0 Å². The van der Waals surface area contributed by atoms with Gasteiger partial charge in [0.1, 0.15) is 13.2 Å². The Balaban J connectivity index is 2.12. The largest absolute Gasteiger partial charge is 0.443 e. The SMILES string of the molecule is CC[N+](CC)(CC)CCOC(=O)N(c1ccccc1)c1ccccc1. The molecule has 0 aliphatic rings. The maximum absolute atomic E-state index is 12.8. The Morgan fingerprint density at radius 3 is 1.68 bits per heavy atom. The first-order valence-electron chi connectivity index (χ1n) is 9.08. The molecule has 0 saturated heterocycles. The minimum Gasteiger partial charge on any atom is -0.443 e. The molecule has 0 radical (unpaired) electrons. The van der Waals surface area contributed by atoms with Gasteiger partial charge in [-0.1, -0.05) is 36.4 Å². The number of para-hydroxylation sites is 2. The van der Waals surface area contributed by atoms with Gasteiger partial charge in [0.2, 0.25) is 0 Å². The molecule has 0 unspecified atom stereocenters. The van der Waals surface area contributed by atoms with E-state index in [4.69, 9.17) is 4.74 Å². The maximum Gasteiger partial charge on any atom is 0.419 e. The molecule has 2 aromatic carbocycles. The van der Waals surface area contributed by atoms with Crippen molar-refractivity contribution in [3.63, 3.8) is 0 Å². The third-order valence-electron chi connectivity index (χ3n) is 5.01. The zero-order valence-corrected chi connectivity index (χ0v) is 15.5. The highest BCUT2D eigenvalue weighted by Gasteiger charge is 2.23. The van der Waals surface area contributed by atoms with E-state index in [-0.39, 0.29) is 6.09 Å². The summed E-state index contributed by atoms with van der Waals surface area (Å²) in [6.45, 7) is 11.0. The number of quaternary nitrogens is 1. The number of rotatable bonds is 8. The molecule has 134 valence electrons. The number of likely N-dealkylation sites (N-methyl/N-ethyl adjacent to an activating group) is 1. The van der Waals surface area contributed by atoms with E-state index < -0.39 is 0 Å². The number of nitrogens with zero attached hydrogens (tertiary/aromatic N) is 2. The van der Waals surface area contributed by atoms with Gasteiger partial charge >= 0.3 is 6.09 Å². The average Bonchev–Trinajstić information content (AvgIpc) is 2.68. The summed E-state index contributed by atoms with van der Waals surface area (Å²) < 4.78 is 6.61. The summed E-state index contributed by atoms with van der Waals surface area (Å²) in [4.78, 5) is 14.4. The zero-order chi connectivity index (χ0) is 18.1. The molecule has 0 atom stereocenters. The van der Waals surface area contributed by atoms with Gasteiger partial charge < -0.3 is 9.22 Å². The van der Waals surface area contributed by atoms with E-state index in [9.17, 15) is 4.79 Å². The highest BCUT2D eigenvalue weighted by Crippen LogP contribution is 2.25. The third-order valence-corrected chi connectivity index (χ3v) is 5.01. The standard InChI is InChI=1S/C21H29N2O2/c1-4-23(5-2,6-3)17-18-25-21(24)22(19-13-9-7-10-14-19)20-15-11-8-12-16-20/h7-16H,4-6,17-18H2,1-3H3/q+1. The summed E-state index contributed by atoms with van der Waals surface area (Å²) in [5.74, 6) is 0. The molecular weight excluding hydrogens is 312 g/mol. The van der Waals surface area contributed by atoms with Crippen LogP contribution in [0.2, 0.25) is 0 Å². The summed E-state index contributed by atoms with van der Waals surface area (Å²) in [7, 11) is 0. The molecule has 1 amide bonds. The fraction of sp³-hybridized carbons (Fsp3) is 0.381. The van der Waals surface area contributed by atoms with Crippen molar-refractivity contribution in [3.05, 3.63) is 60.7 Å². The maximum atomic E-state index is 12.8. The van der Waals surface area contributed by atoms with Gasteiger partial charge in [-0.05, 0) is 45.0 Å². The second kappa shape index (κ2) is 9.23. The van der Waals surface area contributed by atoms with Gasteiger partial charge in [-0.2, -0.15) is 0 Å². The van der Waals surface area contributed by atoms with Crippen molar-refractivity contribution in [2.45, 2.75) is 20.8 Å². The molecule has 0 aromatic heterocycles. The topological polar surface area (TPSA) is 29.5 Å². The van der Waals surface area contributed by atoms with Crippen molar-refractivity contribution in [2.24, 2.45) is 0 Å². The molecule has 4 nitrogen and oxygen atoms in total. The second-order valence-corrected chi connectivity index (χ2v) is 6.13. The van der Waals surface area contributed by atoms with Crippen LogP contribution < -0.4 is 4.90 Å². The van der Waals surface area contributed by atoms with Gasteiger partial charge in [0.15, 0.2) is 0 Å². The van der Waals surface area contributed by atoms with Crippen LogP contribution in [0, 0.1) is 0 Å². The Morgan fingerprint density at radius 1 is 0.840 bits per heavy atom. The van der Waals surface area contributed by atoms with E-state index in [2.05, 4.69) is 20.8 Å². The smallest absolute Gasteiger partial charge is 0.419 e. The lowest BCUT2D eigenvalue weighted by molar-refractivity contribution is -0.923. The molecule has 0 fully saturated rings. The summed E-state index contributed by atoms with van der Waals surface area (Å²) >= 11 is 0. The van der Waals surface area contributed by atoms with Crippen molar-refractivity contribution >= 4 is 17.5 Å². The number of anilines is 2. The van der Waals surface area contributed by atoms with E-state index in [1.54, 1.807) is 4.90 Å². The number of carbonyl (C=O) groups is 1. The molecule has 0 saturated carbocycles. The Hall–Kier alpha value is -2.33. The first-order chi connectivity index (χ1) is 12.2. The minimum atomic E-state index is -0.334. The van der Waals surface area contributed by atoms with Crippen molar-refractivity contribution in [1.82, 2.24) is 0 Å². The number of hydrogen-bond acceptors (Lipinski definition) is 2. The van der Waals surface area contributed by atoms with Crippen LogP contribution in [0.5, 0.6) is 0 Å². The fourth-order valence-corrected chi connectivity index (χ4v) is 3.05. The molecule has 0 heterocycles. The molecule has 0 aliphatic heterocycles. The quantitative estimate of drug-likeness (QED) is 0.643. The summed E-state index contributed by atoms with van der Waals surface area (Å²) in [5, 5.41) is 0. The van der Waals surface area contributed by atoms with Crippen LogP contribution in [0.4, 0.5) is 16.2 Å². The van der Waals surface area contributed by atoms with E-state index in [1.165, 1.54) is 0 Å². The number of ether oxygens (including phenoxy) is 1. The normalized spacial score (nSPS) is 11.2. The summed E-state index contributed by atoms with van der Waals surface area (Å²) in [5.41, 5.74) is 1.61. The first-order valence-corrected chi connectivity index (χ1v) is 9.08. The van der Waals surface area contributed by atoms with Crippen molar-refractivity contribution < 1.29 is 14.0 Å². The van der Waals surface area contributed by atoms with Gasteiger partial charge in [-0.3, -0.25) is 0 Å². The van der Waals surface area contributed by atoms with Crippen molar-refractivity contribution in [2.75, 3.05) is 37.7 Å². The highest BCUT2D eigenvalue weighted by atomic mass is 16.6. The van der Waals surface area contributed by atoms with Gasteiger partial charge in [0.05, 0.1) is 31.0 Å². The summed E-state index contributed by atoms with van der Waals surface area (Å²) in [6, 6.07) is 19.2. The van der Waals surface area contributed by atoms with Crippen LogP contribution in [0.1, 0.15) is 20.8 Å². The Morgan fingerprint density at radius 2 is 1.28 bits per heavy atom. The lowest BCUT2D eigenvalue weighted by Gasteiger charge is -2.35. The zero-order valence-electron chi connectivity index (χ0n) is 15.5. The predicted octanol–water partition coefficient (Wildman–Crippen LogP) is 4.84. The Bertz CT molecular complexity index is 592. The summed E-state index contributed by atoms with van der Waals surface area (Å²) in [6.07, 6.45) is -0.334. The van der Waals surface area contributed by atoms with Crippen LogP contribution in [0.3, 0.4) is 0 Å². The van der Waals surface area contributed by atoms with Crippen LogP contribution in [-0.2, 0) is 4.74 Å². The molecule has 2 aromatic rings. The van der Waals surface area contributed by atoms with Crippen molar-refractivity contribution in [3.8, 4) is 0 Å². The first kappa shape index (κ1) is 19.0. The molecular formula is C21H29N2O2+. The molecule has 0 spiro atoms. The van der Waals surface area contributed by atoms with Gasteiger partial charge in [0.25, 0.3) is 0 Å². The minimum absolute atomic E-state index is 0.334. The lowest BCUT2D eigenvalue weighted by atomic mass is 10.2. The Labute approximate surface area is 151 Å². The second-order valence-electron chi connectivity index (χ2n) is 6.13. The van der Waals surface area contributed by atoms with Crippen LogP contribution >= 0.6 is 0 Å². The van der Waals surface area contributed by atoms with E-state index in [1.807, 2.05) is 60.7 Å².